The van der Waals surface area contributed by atoms with Gasteiger partial charge in [-0.15, -0.1) is 0 Å². The van der Waals surface area contributed by atoms with Gasteiger partial charge >= 0.3 is 0 Å². The van der Waals surface area contributed by atoms with E-state index in [4.69, 9.17) is 4.74 Å². The molecule has 2 saturated heterocycles. The second-order valence-corrected chi connectivity index (χ2v) is 9.07. The molecule has 0 saturated carbocycles. The number of anilines is 1. The van der Waals surface area contributed by atoms with Crippen LogP contribution in [0.1, 0.15) is 37.3 Å². The SMILES string of the molecule is COc1ccc(CN2CCN(C(=O)C3CC(=O)N(c4ccc(C(C)C)cc4)C3)CC2=O)cc1. The molecular weight excluding hydrogens is 418 g/mol. The van der Waals surface area contributed by atoms with Crippen molar-refractivity contribution in [1.29, 1.82) is 0 Å². The van der Waals surface area contributed by atoms with Gasteiger partial charge in [0.25, 0.3) is 0 Å². The predicted octanol–water partition coefficient (Wildman–Crippen LogP) is 3.04. The fourth-order valence-corrected chi connectivity index (χ4v) is 4.44. The van der Waals surface area contributed by atoms with E-state index in [0.29, 0.717) is 32.1 Å². The van der Waals surface area contributed by atoms with Crippen LogP contribution >= 0.6 is 0 Å². The molecule has 2 heterocycles. The van der Waals surface area contributed by atoms with E-state index < -0.39 is 5.92 Å². The molecule has 2 fully saturated rings. The summed E-state index contributed by atoms with van der Waals surface area (Å²) in [6.07, 6.45) is 0.186. The maximum Gasteiger partial charge on any atom is 0.242 e. The molecule has 0 aliphatic carbocycles. The van der Waals surface area contributed by atoms with Crippen LogP contribution in [-0.2, 0) is 20.9 Å². The number of hydrogen-bond donors (Lipinski definition) is 0. The van der Waals surface area contributed by atoms with E-state index in [1.54, 1.807) is 21.8 Å². The summed E-state index contributed by atoms with van der Waals surface area (Å²) in [5.41, 5.74) is 3.05. The van der Waals surface area contributed by atoms with Crippen molar-refractivity contribution >= 4 is 23.4 Å². The lowest BCUT2D eigenvalue weighted by Crippen LogP contribution is -2.53. The van der Waals surface area contributed by atoms with E-state index in [2.05, 4.69) is 13.8 Å². The third-order valence-corrected chi connectivity index (χ3v) is 6.51. The molecule has 7 nitrogen and oxygen atoms in total. The van der Waals surface area contributed by atoms with Crippen molar-refractivity contribution in [1.82, 2.24) is 9.80 Å². The van der Waals surface area contributed by atoms with E-state index in [1.807, 2.05) is 48.5 Å². The normalized spacial score (nSPS) is 18.9. The fourth-order valence-electron chi connectivity index (χ4n) is 4.44. The van der Waals surface area contributed by atoms with Gasteiger partial charge in [-0.05, 0) is 41.3 Å². The molecule has 2 aromatic carbocycles. The van der Waals surface area contributed by atoms with Crippen molar-refractivity contribution in [2.24, 2.45) is 5.92 Å². The van der Waals surface area contributed by atoms with E-state index in [0.717, 1.165) is 17.0 Å². The first-order chi connectivity index (χ1) is 15.9. The second-order valence-electron chi connectivity index (χ2n) is 9.07. The van der Waals surface area contributed by atoms with E-state index in [1.165, 1.54) is 5.56 Å². The number of ether oxygens (including phenoxy) is 1. The fraction of sp³-hybridized carbons (Fsp3) is 0.423. The lowest BCUT2D eigenvalue weighted by Gasteiger charge is -2.35. The molecule has 2 aliphatic heterocycles. The van der Waals surface area contributed by atoms with Crippen LogP contribution in [0.25, 0.3) is 0 Å². The van der Waals surface area contributed by atoms with Crippen LogP contribution in [0.4, 0.5) is 5.69 Å². The topological polar surface area (TPSA) is 70.2 Å². The highest BCUT2D eigenvalue weighted by molar-refractivity contribution is 6.01. The summed E-state index contributed by atoms with van der Waals surface area (Å²) >= 11 is 0. The molecule has 2 aliphatic rings. The average Bonchev–Trinajstić information content (AvgIpc) is 3.22. The van der Waals surface area contributed by atoms with Crippen molar-refractivity contribution in [3.05, 3.63) is 59.7 Å². The molecule has 33 heavy (non-hydrogen) atoms. The Bertz CT molecular complexity index is 1020. The van der Waals surface area contributed by atoms with Gasteiger partial charge in [-0.1, -0.05) is 38.1 Å². The zero-order valence-electron chi connectivity index (χ0n) is 19.5. The standard InChI is InChI=1S/C26H31N3O4/c1-18(2)20-6-8-22(9-7-20)29-16-21(14-24(29)30)26(32)28-13-12-27(25(31)17-28)15-19-4-10-23(33-3)11-5-19/h4-11,18,21H,12-17H2,1-3H3. The van der Waals surface area contributed by atoms with E-state index in [9.17, 15) is 14.4 Å². The predicted molar refractivity (Wildman–Crippen MR) is 126 cm³/mol. The van der Waals surface area contributed by atoms with Gasteiger partial charge in [0.15, 0.2) is 0 Å². The molecule has 0 N–H and O–H groups in total. The summed E-state index contributed by atoms with van der Waals surface area (Å²) in [4.78, 5) is 43.5. The summed E-state index contributed by atoms with van der Waals surface area (Å²) in [7, 11) is 1.62. The molecule has 4 rings (SSSR count). The Morgan fingerprint density at radius 2 is 1.70 bits per heavy atom. The highest BCUT2D eigenvalue weighted by Crippen LogP contribution is 2.28. The molecule has 0 spiro atoms. The van der Waals surface area contributed by atoms with Crippen LogP contribution in [0.15, 0.2) is 48.5 Å². The van der Waals surface area contributed by atoms with Gasteiger partial charge in [0.1, 0.15) is 5.75 Å². The number of amides is 3. The molecule has 0 bridgehead atoms. The summed E-state index contributed by atoms with van der Waals surface area (Å²) < 4.78 is 5.18. The quantitative estimate of drug-likeness (QED) is 0.680. The minimum Gasteiger partial charge on any atom is -0.497 e. The highest BCUT2D eigenvalue weighted by atomic mass is 16.5. The average molecular weight is 450 g/mol. The summed E-state index contributed by atoms with van der Waals surface area (Å²) in [5, 5.41) is 0. The third kappa shape index (κ3) is 5.02. The van der Waals surface area contributed by atoms with Gasteiger partial charge in [-0.25, -0.2) is 0 Å². The van der Waals surface area contributed by atoms with Crippen molar-refractivity contribution in [3.63, 3.8) is 0 Å². The van der Waals surface area contributed by atoms with Crippen molar-refractivity contribution < 1.29 is 19.1 Å². The molecule has 0 radical (unpaired) electrons. The number of benzene rings is 2. The van der Waals surface area contributed by atoms with Gasteiger partial charge in [-0.3, -0.25) is 14.4 Å². The molecule has 1 atom stereocenters. The van der Waals surface area contributed by atoms with Crippen molar-refractivity contribution in [3.8, 4) is 5.75 Å². The molecule has 2 aromatic rings. The van der Waals surface area contributed by atoms with Crippen LogP contribution in [0, 0.1) is 5.92 Å². The van der Waals surface area contributed by atoms with Crippen LogP contribution in [0.5, 0.6) is 5.75 Å². The first-order valence-corrected chi connectivity index (χ1v) is 11.5. The third-order valence-electron chi connectivity index (χ3n) is 6.51. The van der Waals surface area contributed by atoms with Crippen molar-refractivity contribution in [2.45, 2.75) is 32.7 Å². The molecule has 1 unspecified atom stereocenters. The number of carbonyl (C=O) groups excluding carboxylic acids is 3. The maximum atomic E-state index is 13.1. The van der Waals surface area contributed by atoms with Crippen molar-refractivity contribution in [2.75, 3.05) is 38.2 Å². The van der Waals surface area contributed by atoms with Crippen LogP contribution < -0.4 is 9.64 Å². The largest absolute Gasteiger partial charge is 0.497 e. The van der Waals surface area contributed by atoms with Crippen LogP contribution in [0.3, 0.4) is 0 Å². The Hall–Kier alpha value is -3.35. The highest BCUT2D eigenvalue weighted by Gasteiger charge is 2.39. The first-order valence-electron chi connectivity index (χ1n) is 11.5. The van der Waals surface area contributed by atoms with Gasteiger partial charge in [0.05, 0.1) is 19.6 Å². The molecule has 3 amide bonds. The van der Waals surface area contributed by atoms with E-state index in [-0.39, 0.29) is 30.7 Å². The van der Waals surface area contributed by atoms with Gasteiger partial charge in [0.2, 0.25) is 17.7 Å². The monoisotopic (exact) mass is 449 g/mol. The zero-order valence-corrected chi connectivity index (χ0v) is 19.5. The van der Waals surface area contributed by atoms with Gasteiger partial charge in [0, 0.05) is 38.3 Å². The number of methoxy groups -OCH3 is 1. The Balaban J connectivity index is 1.34. The van der Waals surface area contributed by atoms with Gasteiger partial charge < -0.3 is 19.4 Å². The lowest BCUT2D eigenvalue weighted by molar-refractivity contribution is -0.147. The summed E-state index contributed by atoms with van der Waals surface area (Å²) in [6.45, 7) is 6.15. The summed E-state index contributed by atoms with van der Waals surface area (Å²) in [6, 6.07) is 15.6. The van der Waals surface area contributed by atoms with Crippen LogP contribution in [0.2, 0.25) is 0 Å². The minimum atomic E-state index is -0.414. The Morgan fingerprint density at radius 1 is 1.00 bits per heavy atom. The first kappa shape index (κ1) is 22.8. The summed E-state index contributed by atoms with van der Waals surface area (Å²) in [5.74, 6) is 0.552. The lowest BCUT2D eigenvalue weighted by atomic mass is 10.0. The Labute approximate surface area is 194 Å². The number of rotatable bonds is 6. The minimum absolute atomic E-state index is 0.0462. The van der Waals surface area contributed by atoms with Crippen LogP contribution in [-0.4, -0.2) is 60.8 Å². The Morgan fingerprint density at radius 3 is 2.30 bits per heavy atom. The number of piperazine rings is 1. The Kier molecular flexibility index (Phi) is 6.67. The molecular formula is C26H31N3O4. The van der Waals surface area contributed by atoms with E-state index >= 15 is 0 Å². The number of nitrogens with zero attached hydrogens (tertiary/aromatic N) is 3. The number of carbonyl (C=O) groups is 3. The zero-order chi connectivity index (χ0) is 23.5. The number of hydrogen-bond acceptors (Lipinski definition) is 4. The maximum absolute atomic E-state index is 13.1. The molecule has 0 aromatic heterocycles. The molecule has 7 heteroatoms. The smallest absolute Gasteiger partial charge is 0.242 e. The van der Waals surface area contributed by atoms with Gasteiger partial charge in [-0.2, -0.15) is 0 Å². The second kappa shape index (κ2) is 9.65. The molecule has 174 valence electrons.